The fourth-order valence-electron chi connectivity index (χ4n) is 4.40. The molecule has 7 nitrogen and oxygen atoms in total. The zero-order valence-electron chi connectivity index (χ0n) is 19.8. The molecule has 0 radical (unpaired) electrons. The number of carbonyl (C=O) groups excluding carboxylic acids is 1. The number of carboxylic acid groups (broad SMARTS) is 1. The van der Waals surface area contributed by atoms with Gasteiger partial charge in [-0.05, 0) is 57.1 Å². The van der Waals surface area contributed by atoms with Gasteiger partial charge in [0.15, 0.2) is 11.6 Å². The predicted octanol–water partition coefficient (Wildman–Crippen LogP) is 5.71. The van der Waals surface area contributed by atoms with Gasteiger partial charge in [0.1, 0.15) is 0 Å². The van der Waals surface area contributed by atoms with Gasteiger partial charge in [0, 0.05) is 30.3 Å². The summed E-state index contributed by atoms with van der Waals surface area (Å²) in [6.07, 6.45) is 1.12. The van der Waals surface area contributed by atoms with Crippen molar-refractivity contribution in [3.63, 3.8) is 0 Å². The molecule has 0 unspecified atom stereocenters. The zero-order valence-corrected chi connectivity index (χ0v) is 19.8. The van der Waals surface area contributed by atoms with Gasteiger partial charge in [-0.2, -0.15) is 0 Å². The van der Waals surface area contributed by atoms with Crippen molar-refractivity contribution >= 4 is 17.6 Å². The lowest BCUT2D eigenvalue weighted by Gasteiger charge is -2.34. The second-order valence-electron chi connectivity index (χ2n) is 9.11. The number of amides is 1. The number of pyridine rings is 1. The minimum absolute atomic E-state index is 0.132. The minimum Gasteiger partial charge on any atom is -0.478 e. The molecule has 190 valence electrons. The molecule has 1 aliphatic rings. The summed E-state index contributed by atoms with van der Waals surface area (Å²) in [6, 6.07) is 2.45. The van der Waals surface area contributed by atoms with Crippen molar-refractivity contribution in [3.8, 4) is 11.6 Å². The van der Waals surface area contributed by atoms with Crippen molar-refractivity contribution in [2.24, 2.45) is 11.8 Å². The minimum atomic E-state index is -3.07. The molecule has 0 saturated heterocycles. The molecule has 1 amide bonds. The third-order valence-corrected chi connectivity index (χ3v) is 6.30. The van der Waals surface area contributed by atoms with Crippen LogP contribution in [0.2, 0.25) is 0 Å². The lowest BCUT2D eigenvalue weighted by molar-refractivity contribution is -0.123. The van der Waals surface area contributed by atoms with Gasteiger partial charge in [0.2, 0.25) is 11.8 Å². The molecular weight excluding hydrogens is 465 g/mol. The SMILES string of the molecule is CC(C)N(c1cc(F)c(Oc2nccc(CO)c2C(F)F)cc1C(=O)O)C(=O)[C@H]1CC[C@H](C)CC1. The van der Waals surface area contributed by atoms with Crippen LogP contribution < -0.4 is 9.64 Å². The summed E-state index contributed by atoms with van der Waals surface area (Å²) in [6.45, 7) is 4.81. The van der Waals surface area contributed by atoms with Crippen LogP contribution >= 0.6 is 0 Å². The van der Waals surface area contributed by atoms with Crippen molar-refractivity contribution in [1.82, 2.24) is 4.98 Å². The number of aliphatic hydroxyl groups excluding tert-OH is 1. The highest BCUT2D eigenvalue weighted by molar-refractivity contribution is 6.03. The smallest absolute Gasteiger partial charge is 0.337 e. The molecule has 1 saturated carbocycles. The van der Waals surface area contributed by atoms with Crippen LogP contribution in [0.1, 0.15) is 74.4 Å². The number of aromatic nitrogens is 1. The van der Waals surface area contributed by atoms with Crippen molar-refractivity contribution in [2.45, 2.75) is 65.5 Å². The van der Waals surface area contributed by atoms with Crippen LogP contribution in [-0.4, -0.2) is 33.1 Å². The number of anilines is 1. The number of hydrogen-bond donors (Lipinski definition) is 2. The van der Waals surface area contributed by atoms with Crippen LogP contribution in [0.5, 0.6) is 11.6 Å². The van der Waals surface area contributed by atoms with E-state index in [1.165, 1.54) is 11.0 Å². The van der Waals surface area contributed by atoms with Crippen molar-refractivity contribution < 1.29 is 37.7 Å². The molecule has 0 atom stereocenters. The van der Waals surface area contributed by atoms with E-state index in [0.29, 0.717) is 18.8 Å². The fourth-order valence-corrected chi connectivity index (χ4v) is 4.40. The molecule has 0 aliphatic heterocycles. The van der Waals surface area contributed by atoms with E-state index in [0.717, 1.165) is 31.2 Å². The highest BCUT2D eigenvalue weighted by Gasteiger charge is 2.33. The van der Waals surface area contributed by atoms with Gasteiger partial charge < -0.3 is 19.8 Å². The van der Waals surface area contributed by atoms with Crippen molar-refractivity contribution in [1.29, 1.82) is 0 Å². The summed E-state index contributed by atoms with van der Waals surface area (Å²) in [7, 11) is 0. The predicted molar refractivity (Wildman–Crippen MR) is 122 cm³/mol. The first-order valence-electron chi connectivity index (χ1n) is 11.5. The first kappa shape index (κ1) is 26.5. The van der Waals surface area contributed by atoms with Gasteiger partial charge in [0.05, 0.1) is 23.4 Å². The third kappa shape index (κ3) is 5.75. The normalized spacial score (nSPS) is 18.1. The van der Waals surface area contributed by atoms with E-state index < -0.39 is 53.6 Å². The number of carbonyl (C=O) groups is 2. The second kappa shape index (κ2) is 11.1. The topological polar surface area (TPSA) is 100.0 Å². The third-order valence-electron chi connectivity index (χ3n) is 6.30. The van der Waals surface area contributed by atoms with E-state index in [4.69, 9.17) is 4.74 Å². The Bertz CT molecular complexity index is 1090. The van der Waals surface area contributed by atoms with Crippen LogP contribution in [0.4, 0.5) is 18.9 Å². The summed E-state index contributed by atoms with van der Waals surface area (Å²) in [4.78, 5) is 30.5. The number of nitrogens with zero attached hydrogens (tertiary/aromatic N) is 2. The monoisotopic (exact) mass is 494 g/mol. The molecule has 3 rings (SSSR count). The number of carboxylic acids is 1. The van der Waals surface area contributed by atoms with Crippen LogP contribution in [-0.2, 0) is 11.4 Å². The Kier molecular flexibility index (Phi) is 8.37. The summed E-state index contributed by atoms with van der Waals surface area (Å²) in [5.41, 5.74) is -1.42. The Morgan fingerprint density at radius 2 is 1.86 bits per heavy atom. The Hall–Kier alpha value is -3.14. The van der Waals surface area contributed by atoms with Crippen LogP contribution in [0, 0.1) is 17.7 Å². The van der Waals surface area contributed by atoms with E-state index in [9.17, 15) is 28.6 Å². The number of aromatic carboxylic acids is 1. The molecule has 0 bridgehead atoms. The summed E-state index contributed by atoms with van der Waals surface area (Å²) in [5, 5.41) is 19.2. The maximum atomic E-state index is 15.2. The summed E-state index contributed by atoms with van der Waals surface area (Å²) >= 11 is 0. The Labute approximate surface area is 201 Å². The van der Waals surface area contributed by atoms with Crippen LogP contribution in [0.15, 0.2) is 24.4 Å². The molecule has 35 heavy (non-hydrogen) atoms. The average molecular weight is 495 g/mol. The lowest BCUT2D eigenvalue weighted by atomic mass is 9.82. The molecule has 1 aromatic carbocycles. The number of hydrogen-bond acceptors (Lipinski definition) is 5. The van der Waals surface area contributed by atoms with E-state index in [2.05, 4.69) is 11.9 Å². The molecule has 2 aromatic rings. The van der Waals surface area contributed by atoms with E-state index in [1.807, 2.05) is 0 Å². The standard InChI is InChI=1S/C25H29F3N2O5/c1-13(2)30(24(32)15-6-4-14(3)5-7-15)19-11-18(26)20(10-17(19)25(33)34)35-23-21(22(27)28)16(12-31)8-9-29-23/h8-11,13-15,22,31H,4-7,12H2,1-3H3,(H,33,34)/t14-,15-. The number of aliphatic hydroxyl groups is 1. The Morgan fingerprint density at radius 3 is 2.40 bits per heavy atom. The molecular formula is C25H29F3N2O5. The molecule has 1 heterocycles. The fraction of sp³-hybridized carbons (Fsp3) is 0.480. The van der Waals surface area contributed by atoms with Gasteiger partial charge in [-0.1, -0.05) is 6.92 Å². The number of alkyl halides is 2. The first-order valence-corrected chi connectivity index (χ1v) is 11.5. The number of rotatable bonds is 8. The van der Waals surface area contributed by atoms with Crippen LogP contribution in [0.25, 0.3) is 0 Å². The van der Waals surface area contributed by atoms with E-state index in [1.54, 1.807) is 13.8 Å². The first-order chi connectivity index (χ1) is 16.5. The average Bonchev–Trinajstić information content (AvgIpc) is 2.80. The highest BCUT2D eigenvalue weighted by atomic mass is 19.3. The van der Waals surface area contributed by atoms with E-state index in [-0.39, 0.29) is 23.1 Å². The summed E-state index contributed by atoms with van der Waals surface area (Å²) in [5.74, 6) is -3.84. The molecule has 1 fully saturated rings. The number of halogens is 3. The highest BCUT2D eigenvalue weighted by Crippen LogP contribution is 2.38. The van der Waals surface area contributed by atoms with Gasteiger partial charge in [-0.25, -0.2) is 22.9 Å². The van der Waals surface area contributed by atoms with Gasteiger partial charge in [-0.15, -0.1) is 0 Å². The maximum absolute atomic E-state index is 15.2. The molecule has 10 heteroatoms. The molecule has 1 aliphatic carbocycles. The molecule has 0 spiro atoms. The Balaban J connectivity index is 2.04. The molecule has 1 aromatic heterocycles. The number of ether oxygens (including phenoxy) is 1. The largest absolute Gasteiger partial charge is 0.478 e. The second-order valence-corrected chi connectivity index (χ2v) is 9.11. The van der Waals surface area contributed by atoms with Crippen molar-refractivity contribution in [3.05, 3.63) is 46.9 Å². The molecule has 2 N–H and O–H groups in total. The zero-order chi connectivity index (χ0) is 25.9. The van der Waals surface area contributed by atoms with Gasteiger partial charge in [0.25, 0.3) is 6.43 Å². The van der Waals surface area contributed by atoms with Gasteiger partial charge >= 0.3 is 5.97 Å². The maximum Gasteiger partial charge on any atom is 0.337 e. The van der Waals surface area contributed by atoms with Gasteiger partial charge in [-0.3, -0.25) is 4.79 Å². The number of benzene rings is 1. The Morgan fingerprint density at radius 1 is 1.20 bits per heavy atom. The lowest BCUT2D eigenvalue weighted by Crippen LogP contribution is -2.43. The summed E-state index contributed by atoms with van der Waals surface area (Å²) < 4.78 is 47.6. The quantitative estimate of drug-likeness (QED) is 0.488. The van der Waals surface area contributed by atoms with Crippen LogP contribution in [0.3, 0.4) is 0 Å². The van der Waals surface area contributed by atoms with E-state index >= 15 is 4.39 Å². The van der Waals surface area contributed by atoms with Crippen molar-refractivity contribution in [2.75, 3.05) is 4.90 Å².